The van der Waals surface area contributed by atoms with Gasteiger partial charge in [-0.2, -0.15) is 0 Å². The van der Waals surface area contributed by atoms with Gasteiger partial charge in [-0.05, 0) is 54.6 Å². The van der Waals surface area contributed by atoms with E-state index in [-0.39, 0.29) is 12.4 Å². The first-order chi connectivity index (χ1) is 13.6. The predicted octanol–water partition coefficient (Wildman–Crippen LogP) is 4.77. The fourth-order valence-corrected chi connectivity index (χ4v) is 2.88. The number of aromatic nitrogens is 1. The summed E-state index contributed by atoms with van der Waals surface area (Å²) in [6.07, 6.45) is 1.62. The van der Waals surface area contributed by atoms with Crippen molar-refractivity contribution in [3.63, 3.8) is 0 Å². The molecule has 0 unspecified atom stereocenters. The van der Waals surface area contributed by atoms with Crippen LogP contribution in [0.5, 0.6) is 5.75 Å². The fourth-order valence-electron chi connectivity index (χ4n) is 2.75. The molecule has 0 bridgehead atoms. The molecule has 0 aliphatic rings. The Balaban J connectivity index is 1.55. The third-order valence-electron chi connectivity index (χ3n) is 4.18. The number of benzene rings is 2. The number of nitrogens with zero attached hydrogens (tertiary/aromatic N) is 1. The number of pyridine rings is 1. The molecule has 5 nitrogen and oxygen atoms in total. The standard InChI is InChI=1S/C22H14ClNO4/c23-16-7-4-14(5-8-16)20(25)13-27-17-9-6-15-11-18(19-3-1-2-10-24-19)22(26)28-21(15)12-17/h1-12H,13H2. The van der Waals surface area contributed by atoms with Crippen molar-refractivity contribution < 1.29 is 13.9 Å². The number of rotatable bonds is 5. The molecule has 28 heavy (non-hydrogen) atoms. The highest BCUT2D eigenvalue weighted by atomic mass is 35.5. The minimum atomic E-state index is -0.486. The van der Waals surface area contributed by atoms with Gasteiger partial charge in [0.1, 0.15) is 11.3 Å². The normalized spacial score (nSPS) is 10.8. The van der Waals surface area contributed by atoms with E-state index in [0.717, 1.165) is 5.39 Å². The number of ether oxygens (including phenoxy) is 1. The molecular weight excluding hydrogens is 378 g/mol. The summed E-state index contributed by atoms with van der Waals surface area (Å²) in [5.41, 5.74) is 1.34. The van der Waals surface area contributed by atoms with E-state index in [1.165, 1.54) is 0 Å². The summed E-state index contributed by atoms with van der Waals surface area (Å²) < 4.78 is 11.0. The van der Waals surface area contributed by atoms with Crippen molar-refractivity contribution in [3.8, 4) is 17.0 Å². The van der Waals surface area contributed by atoms with Gasteiger partial charge in [-0.25, -0.2) is 4.79 Å². The van der Waals surface area contributed by atoms with Crippen LogP contribution in [0.2, 0.25) is 5.02 Å². The summed E-state index contributed by atoms with van der Waals surface area (Å²) in [7, 11) is 0. The van der Waals surface area contributed by atoms with Crippen molar-refractivity contribution in [2.24, 2.45) is 0 Å². The van der Waals surface area contributed by atoms with E-state index in [1.54, 1.807) is 72.9 Å². The topological polar surface area (TPSA) is 69.4 Å². The number of hydrogen-bond acceptors (Lipinski definition) is 5. The zero-order valence-corrected chi connectivity index (χ0v) is 15.3. The van der Waals surface area contributed by atoms with Crippen molar-refractivity contribution in [1.29, 1.82) is 0 Å². The Morgan fingerprint density at radius 2 is 1.86 bits per heavy atom. The summed E-state index contributed by atoms with van der Waals surface area (Å²) in [5, 5.41) is 1.30. The molecule has 0 N–H and O–H groups in total. The Morgan fingerprint density at radius 1 is 1.04 bits per heavy atom. The molecule has 2 aromatic heterocycles. The van der Waals surface area contributed by atoms with E-state index in [4.69, 9.17) is 20.8 Å². The Kier molecular flexibility index (Phi) is 4.91. The molecular formula is C22H14ClNO4. The van der Waals surface area contributed by atoms with Gasteiger partial charge >= 0.3 is 5.63 Å². The lowest BCUT2D eigenvalue weighted by atomic mass is 10.1. The fraction of sp³-hybridized carbons (Fsp3) is 0.0455. The molecule has 4 aromatic rings. The highest BCUT2D eigenvalue weighted by molar-refractivity contribution is 6.30. The van der Waals surface area contributed by atoms with Crippen LogP contribution in [-0.4, -0.2) is 17.4 Å². The molecule has 0 amide bonds. The number of Topliss-reactive ketones (excluding diaryl/α,β-unsaturated/α-hetero) is 1. The van der Waals surface area contributed by atoms with Gasteiger partial charge in [-0.15, -0.1) is 0 Å². The van der Waals surface area contributed by atoms with Crippen molar-refractivity contribution in [1.82, 2.24) is 4.98 Å². The van der Waals surface area contributed by atoms with Crippen molar-refractivity contribution >= 4 is 28.4 Å². The molecule has 4 rings (SSSR count). The van der Waals surface area contributed by atoms with Crippen LogP contribution in [0.4, 0.5) is 0 Å². The first-order valence-corrected chi connectivity index (χ1v) is 8.89. The molecule has 0 atom stereocenters. The highest BCUT2D eigenvalue weighted by Gasteiger charge is 2.11. The SMILES string of the molecule is O=C(COc1ccc2cc(-c3ccccn3)c(=O)oc2c1)c1ccc(Cl)cc1. The number of ketones is 1. The van der Waals surface area contributed by atoms with E-state index in [0.29, 0.717) is 33.2 Å². The number of carbonyl (C=O) groups is 1. The molecule has 2 aromatic carbocycles. The largest absolute Gasteiger partial charge is 0.485 e. The van der Waals surface area contributed by atoms with Gasteiger partial charge in [0.15, 0.2) is 12.4 Å². The zero-order chi connectivity index (χ0) is 19.5. The molecule has 0 fully saturated rings. The average molecular weight is 392 g/mol. The van der Waals surface area contributed by atoms with Gasteiger partial charge in [0, 0.05) is 28.2 Å². The van der Waals surface area contributed by atoms with Crippen LogP contribution in [0.1, 0.15) is 10.4 Å². The first kappa shape index (κ1) is 17.9. The summed E-state index contributed by atoms with van der Waals surface area (Å²) >= 11 is 5.83. The van der Waals surface area contributed by atoms with E-state index >= 15 is 0 Å². The molecule has 0 spiro atoms. The smallest absolute Gasteiger partial charge is 0.345 e. The van der Waals surface area contributed by atoms with Gasteiger partial charge in [0.2, 0.25) is 0 Å². The lowest BCUT2D eigenvalue weighted by Gasteiger charge is -2.07. The van der Waals surface area contributed by atoms with E-state index in [2.05, 4.69) is 4.98 Å². The molecule has 0 radical (unpaired) electrons. The van der Waals surface area contributed by atoms with Crippen LogP contribution in [0.15, 0.2) is 82.1 Å². The summed E-state index contributed by atoms with van der Waals surface area (Å²) in [6.45, 7) is -0.136. The maximum atomic E-state index is 12.3. The van der Waals surface area contributed by atoms with Crippen LogP contribution in [0.25, 0.3) is 22.2 Å². The molecule has 138 valence electrons. The van der Waals surface area contributed by atoms with Gasteiger partial charge in [-0.3, -0.25) is 9.78 Å². The maximum absolute atomic E-state index is 12.3. The third kappa shape index (κ3) is 3.80. The van der Waals surface area contributed by atoms with Crippen LogP contribution >= 0.6 is 11.6 Å². The Labute approximate surface area is 165 Å². The lowest BCUT2D eigenvalue weighted by Crippen LogP contribution is -2.11. The minimum Gasteiger partial charge on any atom is -0.485 e. The van der Waals surface area contributed by atoms with Gasteiger partial charge in [-0.1, -0.05) is 17.7 Å². The highest BCUT2D eigenvalue weighted by Crippen LogP contribution is 2.23. The van der Waals surface area contributed by atoms with Crippen molar-refractivity contribution in [3.05, 3.63) is 93.9 Å². The maximum Gasteiger partial charge on any atom is 0.345 e. The number of halogens is 1. The second-order valence-electron chi connectivity index (χ2n) is 6.08. The summed E-state index contributed by atoms with van der Waals surface area (Å²) in [5.74, 6) is 0.257. The third-order valence-corrected chi connectivity index (χ3v) is 4.44. The lowest BCUT2D eigenvalue weighted by molar-refractivity contribution is 0.0921. The average Bonchev–Trinajstić information content (AvgIpc) is 2.72. The second-order valence-corrected chi connectivity index (χ2v) is 6.52. The number of hydrogen-bond donors (Lipinski definition) is 0. The predicted molar refractivity (Wildman–Crippen MR) is 107 cm³/mol. The van der Waals surface area contributed by atoms with Crippen LogP contribution in [0.3, 0.4) is 0 Å². The van der Waals surface area contributed by atoms with Crippen LogP contribution in [0, 0.1) is 0 Å². The van der Waals surface area contributed by atoms with Gasteiger partial charge in [0.25, 0.3) is 0 Å². The molecule has 0 saturated carbocycles. The quantitative estimate of drug-likeness (QED) is 0.362. The monoisotopic (exact) mass is 391 g/mol. The van der Waals surface area contributed by atoms with Crippen LogP contribution < -0.4 is 10.4 Å². The molecule has 6 heteroatoms. The van der Waals surface area contributed by atoms with E-state index < -0.39 is 5.63 Å². The number of carbonyl (C=O) groups excluding carboxylic acids is 1. The Hall–Kier alpha value is -3.44. The van der Waals surface area contributed by atoms with Gasteiger partial charge < -0.3 is 9.15 Å². The number of fused-ring (bicyclic) bond motifs is 1. The molecule has 0 aliphatic heterocycles. The van der Waals surface area contributed by atoms with Crippen LogP contribution in [-0.2, 0) is 0 Å². The van der Waals surface area contributed by atoms with E-state index in [9.17, 15) is 9.59 Å². The first-order valence-electron chi connectivity index (χ1n) is 8.51. The van der Waals surface area contributed by atoms with E-state index in [1.807, 2.05) is 0 Å². The van der Waals surface area contributed by atoms with Gasteiger partial charge in [0.05, 0.1) is 11.3 Å². The molecule has 2 heterocycles. The summed E-state index contributed by atoms with van der Waals surface area (Å²) in [6, 6.07) is 18.7. The molecule has 0 saturated heterocycles. The van der Waals surface area contributed by atoms with Crippen molar-refractivity contribution in [2.45, 2.75) is 0 Å². The Bertz CT molecular complexity index is 1200. The second kappa shape index (κ2) is 7.66. The minimum absolute atomic E-state index is 0.136. The van der Waals surface area contributed by atoms with Crippen molar-refractivity contribution in [2.75, 3.05) is 6.61 Å². The zero-order valence-electron chi connectivity index (χ0n) is 14.6. The summed E-state index contributed by atoms with van der Waals surface area (Å²) in [4.78, 5) is 28.7. The Morgan fingerprint density at radius 3 is 2.61 bits per heavy atom. The molecule has 0 aliphatic carbocycles.